The lowest BCUT2D eigenvalue weighted by Gasteiger charge is -2.27. The fourth-order valence-corrected chi connectivity index (χ4v) is 4.11. The van der Waals surface area contributed by atoms with Gasteiger partial charge in [0.05, 0.1) is 17.2 Å². The number of nitrogens with one attached hydrogen (secondary N) is 1. The first-order valence-corrected chi connectivity index (χ1v) is 9.66. The van der Waals surface area contributed by atoms with E-state index in [-0.39, 0.29) is 29.1 Å². The zero-order valence-corrected chi connectivity index (χ0v) is 16.3. The number of para-hydroxylation sites is 1. The Bertz CT molecular complexity index is 725. The summed E-state index contributed by atoms with van der Waals surface area (Å²) in [5.41, 5.74) is 2.43. The fraction of sp³-hybridized carbons (Fsp3) is 0.545. The number of rotatable bonds is 4. The van der Waals surface area contributed by atoms with E-state index in [4.69, 9.17) is 0 Å². The summed E-state index contributed by atoms with van der Waals surface area (Å²) in [5, 5.41) is 3.04. The molecule has 1 aliphatic carbocycles. The summed E-state index contributed by atoms with van der Waals surface area (Å²) in [6, 6.07) is 7.38. The van der Waals surface area contributed by atoms with Crippen molar-refractivity contribution in [1.29, 1.82) is 0 Å². The van der Waals surface area contributed by atoms with E-state index in [1.807, 2.05) is 29.2 Å². The van der Waals surface area contributed by atoms with Gasteiger partial charge in [-0.3, -0.25) is 9.59 Å². The zero-order chi connectivity index (χ0) is 18.9. The molecule has 0 spiro atoms. The van der Waals surface area contributed by atoms with Crippen molar-refractivity contribution >= 4 is 17.5 Å². The van der Waals surface area contributed by atoms with E-state index >= 15 is 0 Å². The molecule has 4 nitrogen and oxygen atoms in total. The lowest BCUT2D eigenvalue weighted by Crippen LogP contribution is -2.36. The molecule has 1 N–H and O–H groups in total. The second-order valence-corrected chi connectivity index (χ2v) is 8.46. The van der Waals surface area contributed by atoms with Gasteiger partial charge >= 0.3 is 0 Å². The van der Waals surface area contributed by atoms with E-state index in [2.05, 4.69) is 39.1 Å². The number of likely N-dealkylation sites (tertiary alicyclic amines) is 1. The van der Waals surface area contributed by atoms with Crippen molar-refractivity contribution in [3.05, 3.63) is 41.5 Å². The molecule has 26 heavy (non-hydrogen) atoms. The summed E-state index contributed by atoms with van der Waals surface area (Å²) in [7, 11) is 0. The van der Waals surface area contributed by atoms with Crippen LogP contribution in [0.3, 0.4) is 0 Å². The number of piperidine rings is 1. The highest BCUT2D eigenvalue weighted by Crippen LogP contribution is 2.59. The van der Waals surface area contributed by atoms with Crippen LogP contribution in [0.15, 0.2) is 35.9 Å². The van der Waals surface area contributed by atoms with Crippen LogP contribution < -0.4 is 5.32 Å². The molecule has 1 aromatic carbocycles. The molecule has 1 heterocycles. The Kier molecular flexibility index (Phi) is 5.22. The molecule has 140 valence electrons. The Morgan fingerprint density at radius 3 is 2.42 bits per heavy atom. The van der Waals surface area contributed by atoms with Gasteiger partial charge in [-0.05, 0) is 56.6 Å². The van der Waals surface area contributed by atoms with E-state index in [9.17, 15) is 9.59 Å². The van der Waals surface area contributed by atoms with Crippen LogP contribution in [0.2, 0.25) is 0 Å². The minimum atomic E-state index is -0.0458. The molecule has 0 bridgehead atoms. The number of carbonyl (C=O) groups excluding carboxylic acids is 2. The van der Waals surface area contributed by atoms with Gasteiger partial charge in [0.2, 0.25) is 5.91 Å². The predicted molar refractivity (Wildman–Crippen MR) is 105 cm³/mol. The van der Waals surface area contributed by atoms with Gasteiger partial charge in [-0.1, -0.05) is 37.6 Å². The monoisotopic (exact) mass is 354 g/mol. The second kappa shape index (κ2) is 7.26. The summed E-state index contributed by atoms with van der Waals surface area (Å²) < 4.78 is 0. The molecule has 1 aliphatic heterocycles. The summed E-state index contributed by atoms with van der Waals surface area (Å²) in [6.45, 7) is 10.0. The molecule has 0 unspecified atom stereocenters. The molecule has 2 atom stereocenters. The molecule has 1 aromatic rings. The highest BCUT2D eigenvalue weighted by molar-refractivity contribution is 6.05. The first-order valence-electron chi connectivity index (χ1n) is 9.66. The number of allylic oxidation sites excluding steroid dienone is 2. The molecule has 4 heteroatoms. The molecule has 1 saturated heterocycles. The topological polar surface area (TPSA) is 49.4 Å². The average molecular weight is 354 g/mol. The quantitative estimate of drug-likeness (QED) is 0.810. The van der Waals surface area contributed by atoms with Crippen LogP contribution in [-0.2, 0) is 4.79 Å². The highest BCUT2D eigenvalue weighted by atomic mass is 16.2. The van der Waals surface area contributed by atoms with Gasteiger partial charge in [0.15, 0.2) is 0 Å². The molecule has 3 rings (SSSR count). The molecule has 0 radical (unpaired) electrons. The van der Waals surface area contributed by atoms with Gasteiger partial charge in [-0.15, -0.1) is 0 Å². The number of hydrogen-bond acceptors (Lipinski definition) is 2. The first kappa shape index (κ1) is 18.7. The van der Waals surface area contributed by atoms with Crippen molar-refractivity contribution in [1.82, 2.24) is 4.90 Å². The third-order valence-electron chi connectivity index (χ3n) is 5.76. The van der Waals surface area contributed by atoms with Crippen molar-refractivity contribution < 1.29 is 9.59 Å². The minimum absolute atomic E-state index is 0.0106. The van der Waals surface area contributed by atoms with Crippen molar-refractivity contribution in [3.8, 4) is 0 Å². The minimum Gasteiger partial charge on any atom is -0.339 e. The molecule has 2 fully saturated rings. The Labute approximate surface area is 156 Å². The van der Waals surface area contributed by atoms with Gasteiger partial charge in [-0.25, -0.2) is 0 Å². The summed E-state index contributed by atoms with van der Waals surface area (Å²) in [4.78, 5) is 27.7. The maximum Gasteiger partial charge on any atom is 0.255 e. The molecule has 1 saturated carbocycles. The Morgan fingerprint density at radius 2 is 1.77 bits per heavy atom. The van der Waals surface area contributed by atoms with Crippen LogP contribution >= 0.6 is 0 Å². The Morgan fingerprint density at radius 1 is 1.12 bits per heavy atom. The number of hydrogen-bond donors (Lipinski definition) is 1. The molecule has 0 aromatic heterocycles. The number of amides is 2. The lowest BCUT2D eigenvalue weighted by atomic mass is 10.1. The van der Waals surface area contributed by atoms with Crippen LogP contribution in [0.25, 0.3) is 0 Å². The number of carbonyl (C=O) groups is 2. The van der Waals surface area contributed by atoms with Gasteiger partial charge in [0.25, 0.3) is 5.91 Å². The standard InChI is InChI=1S/C22H30N2O2/c1-15(2)14-17-19(22(17,3)4)20(25)23-18-11-7-6-10-16(18)21(26)24-12-8-5-9-13-24/h6-7,10-11,14,17,19H,5,8-9,12-13H2,1-4H3,(H,23,25)/t17-,19-/m0/s1. The van der Waals surface area contributed by atoms with Crippen LogP contribution in [0.5, 0.6) is 0 Å². The van der Waals surface area contributed by atoms with Crippen molar-refractivity contribution in [2.75, 3.05) is 18.4 Å². The van der Waals surface area contributed by atoms with E-state index in [1.165, 1.54) is 12.0 Å². The maximum atomic E-state index is 12.9. The average Bonchev–Trinajstić information content (AvgIpc) is 3.15. The van der Waals surface area contributed by atoms with E-state index in [1.54, 1.807) is 0 Å². The normalized spacial score (nSPS) is 23.9. The van der Waals surface area contributed by atoms with Crippen molar-refractivity contribution in [2.24, 2.45) is 17.3 Å². The van der Waals surface area contributed by atoms with Crippen molar-refractivity contribution in [3.63, 3.8) is 0 Å². The van der Waals surface area contributed by atoms with Crippen LogP contribution in [0.4, 0.5) is 5.69 Å². The van der Waals surface area contributed by atoms with Gasteiger partial charge in [0.1, 0.15) is 0 Å². The Hall–Kier alpha value is -2.10. The predicted octanol–water partition coefficient (Wildman–Crippen LogP) is 4.49. The number of benzene rings is 1. The molecule has 2 aliphatic rings. The molecule has 2 amide bonds. The number of anilines is 1. The largest absolute Gasteiger partial charge is 0.339 e. The molecular formula is C22H30N2O2. The number of nitrogens with zero attached hydrogens (tertiary/aromatic N) is 1. The third-order valence-corrected chi connectivity index (χ3v) is 5.76. The SMILES string of the molecule is CC(C)=C[C@H]1[C@@H](C(=O)Nc2ccccc2C(=O)N2CCCCC2)C1(C)C. The summed E-state index contributed by atoms with van der Waals surface area (Å²) >= 11 is 0. The smallest absolute Gasteiger partial charge is 0.255 e. The highest BCUT2D eigenvalue weighted by Gasteiger charge is 2.60. The van der Waals surface area contributed by atoms with E-state index < -0.39 is 0 Å². The van der Waals surface area contributed by atoms with E-state index in [0.29, 0.717) is 11.3 Å². The van der Waals surface area contributed by atoms with Gasteiger partial charge in [0, 0.05) is 13.1 Å². The second-order valence-electron chi connectivity index (χ2n) is 8.46. The van der Waals surface area contributed by atoms with Crippen LogP contribution in [0.1, 0.15) is 57.3 Å². The first-order chi connectivity index (χ1) is 12.3. The fourth-order valence-electron chi connectivity index (χ4n) is 4.11. The lowest BCUT2D eigenvalue weighted by molar-refractivity contribution is -0.118. The summed E-state index contributed by atoms with van der Waals surface area (Å²) in [5.74, 6) is 0.251. The summed E-state index contributed by atoms with van der Waals surface area (Å²) in [6.07, 6.45) is 5.49. The molecular weight excluding hydrogens is 324 g/mol. The Balaban J connectivity index is 1.75. The van der Waals surface area contributed by atoms with Crippen LogP contribution in [0, 0.1) is 17.3 Å². The van der Waals surface area contributed by atoms with Crippen molar-refractivity contribution in [2.45, 2.75) is 47.0 Å². The zero-order valence-electron chi connectivity index (χ0n) is 16.3. The third kappa shape index (κ3) is 3.69. The van der Waals surface area contributed by atoms with E-state index in [0.717, 1.165) is 25.9 Å². The van der Waals surface area contributed by atoms with Gasteiger partial charge in [-0.2, -0.15) is 0 Å². The van der Waals surface area contributed by atoms with Gasteiger partial charge < -0.3 is 10.2 Å². The van der Waals surface area contributed by atoms with Crippen LogP contribution in [-0.4, -0.2) is 29.8 Å². The maximum absolute atomic E-state index is 12.9.